The van der Waals surface area contributed by atoms with E-state index in [1.54, 1.807) is 0 Å². The molecule has 0 bridgehead atoms. The minimum Gasteiger partial charge on any atom is -0.382 e. The minimum absolute atomic E-state index is 0.133. The summed E-state index contributed by atoms with van der Waals surface area (Å²) in [6, 6.07) is 0.133. The summed E-state index contributed by atoms with van der Waals surface area (Å²) in [7, 11) is 0. The molecule has 0 radical (unpaired) electrons. The van der Waals surface area contributed by atoms with Crippen LogP contribution in [0.15, 0.2) is 12.4 Å². The standard InChI is InChI=1S/C12H20N4O/c1-8(2)4-5-9(3)15-12(17)10-6-14-7-11(13)16-10/h6-9H,4-5H2,1-3H3,(H2,13,16)(H,15,17). The van der Waals surface area contributed by atoms with E-state index in [9.17, 15) is 4.79 Å². The molecule has 0 aromatic carbocycles. The van der Waals surface area contributed by atoms with Gasteiger partial charge in [-0.05, 0) is 25.7 Å². The summed E-state index contributed by atoms with van der Waals surface area (Å²) in [6.45, 7) is 6.32. The minimum atomic E-state index is -0.221. The van der Waals surface area contributed by atoms with Crippen molar-refractivity contribution in [3.05, 3.63) is 18.1 Å². The predicted octanol–water partition coefficient (Wildman–Crippen LogP) is 1.61. The fraction of sp³-hybridized carbons (Fsp3) is 0.583. The van der Waals surface area contributed by atoms with Crippen LogP contribution < -0.4 is 11.1 Å². The number of carbonyl (C=O) groups excluding carboxylic acids is 1. The molecule has 0 aliphatic rings. The van der Waals surface area contributed by atoms with Gasteiger partial charge in [0.2, 0.25) is 0 Å². The average molecular weight is 236 g/mol. The first kappa shape index (κ1) is 13.4. The van der Waals surface area contributed by atoms with Crippen LogP contribution in [0.2, 0.25) is 0 Å². The van der Waals surface area contributed by atoms with Crippen molar-refractivity contribution in [3.8, 4) is 0 Å². The lowest BCUT2D eigenvalue weighted by molar-refractivity contribution is 0.0932. The Morgan fingerprint density at radius 3 is 2.65 bits per heavy atom. The topological polar surface area (TPSA) is 80.9 Å². The van der Waals surface area contributed by atoms with Gasteiger partial charge in [0.25, 0.3) is 5.91 Å². The summed E-state index contributed by atoms with van der Waals surface area (Å²) in [4.78, 5) is 19.5. The Balaban J connectivity index is 2.49. The number of nitrogens with two attached hydrogens (primary N) is 1. The van der Waals surface area contributed by atoms with Crippen LogP contribution in [0.5, 0.6) is 0 Å². The number of nitrogen functional groups attached to an aromatic ring is 1. The maximum Gasteiger partial charge on any atom is 0.271 e. The first-order valence-electron chi connectivity index (χ1n) is 5.87. The van der Waals surface area contributed by atoms with Crippen LogP contribution in [0, 0.1) is 5.92 Å². The number of anilines is 1. The van der Waals surface area contributed by atoms with Gasteiger partial charge in [-0.25, -0.2) is 4.98 Å². The molecule has 1 aromatic rings. The summed E-state index contributed by atoms with van der Waals surface area (Å²) in [5.74, 6) is 0.676. The Hall–Kier alpha value is -1.65. The lowest BCUT2D eigenvalue weighted by Gasteiger charge is -2.14. The van der Waals surface area contributed by atoms with Gasteiger partial charge in [-0.15, -0.1) is 0 Å². The molecule has 94 valence electrons. The molecule has 0 aliphatic heterocycles. The second-order valence-electron chi connectivity index (χ2n) is 4.67. The number of hydrogen-bond acceptors (Lipinski definition) is 4. The van der Waals surface area contributed by atoms with Crippen molar-refractivity contribution in [1.29, 1.82) is 0 Å². The maximum absolute atomic E-state index is 11.8. The second-order valence-corrected chi connectivity index (χ2v) is 4.67. The van der Waals surface area contributed by atoms with Crippen LogP contribution in [0.1, 0.15) is 44.1 Å². The Bertz CT molecular complexity index is 379. The SMILES string of the molecule is CC(C)CCC(C)NC(=O)c1cncc(N)n1. The van der Waals surface area contributed by atoms with Crippen molar-refractivity contribution in [2.45, 2.75) is 39.7 Å². The molecule has 0 fully saturated rings. The van der Waals surface area contributed by atoms with E-state index in [4.69, 9.17) is 5.73 Å². The first-order valence-corrected chi connectivity index (χ1v) is 5.87. The molecule has 17 heavy (non-hydrogen) atoms. The van der Waals surface area contributed by atoms with Gasteiger partial charge in [-0.1, -0.05) is 13.8 Å². The Kier molecular flexibility index (Phi) is 4.87. The molecule has 1 heterocycles. The van der Waals surface area contributed by atoms with E-state index >= 15 is 0 Å². The molecule has 0 saturated heterocycles. The van der Waals surface area contributed by atoms with Crippen LogP contribution >= 0.6 is 0 Å². The van der Waals surface area contributed by atoms with Gasteiger partial charge in [0.05, 0.1) is 12.4 Å². The van der Waals surface area contributed by atoms with E-state index in [2.05, 4.69) is 29.1 Å². The molecule has 3 N–H and O–H groups in total. The highest BCUT2D eigenvalue weighted by Crippen LogP contribution is 2.07. The van der Waals surface area contributed by atoms with E-state index in [0.717, 1.165) is 12.8 Å². The van der Waals surface area contributed by atoms with Gasteiger partial charge in [0, 0.05) is 6.04 Å². The lowest BCUT2D eigenvalue weighted by Crippen LogP contribution is -2.33. The molecule has 1 aromatic heterocycles. The van der Waals surface area contributed by atoms with Gasteiger partial charge in [0.15, 0.2) is 0 Å². The first-order chi connectivity index (χ1) is 7.99. The van der Waals surface area contributed by atoms with Crippen LogP contribution in [0.25, 0.3) is 0 Å². The monoisotopic (exact) mass is 236 g/mol. The Morgan fingerprint density at radius 2 is 2.06 bits per heavy atom. The molecule has 1 amide bonds. The quantitative estimate of drug-likeness (QED) is 0.814. The summed E-state index contributed by atoms with van der Waals surface area (Å²) in [5, 5.41) is 2.88. The molecule has 0 saturated carbocycles. The zero-order valence-electron chi connectivity index (χ0n) is 10.6. The Labute approximate surface area is 102 Å². The smallest absolute Gasteiger partial charge is 0.271 e. The maximum atomic E-state index is 11.8. The number of aromatic nitrogens is 2. The number of amides is 1. The highest BCUT2D eigenvalue weighted by atomic mass is 16.1. The van der Waals surface area contributed by atoms with Crippen molar-refractivity contribution < 1.29 is 4.79 Å². The fourth-order valence-corrected chi connectivity index (χ4v) is 1.44. The van der Waals surface area contributed by atoms with Gasteiger partial charge in [0.1, 0.15) is 11.5 Å². The van der Waals surface area contributed by atoms with E-state index < -0.39 is 0 Å². The fourth-order valence-electron chi connectivity index (χ4n) is 1.44. The van der Waals surface area contributed by atoms with Crippen LogP contribution in [-0.4, -0.2) is 21.9 Å². The number of carbonyl (C=O) groups is 1. The van der Waals surface area contributed by atoms with E-state index in [-0.39, 0.29) is 23.5 Å². The molecule has 1 atom stereocenters. The second kappa shape index (κ2) is 6.18. The molecular formula is C12H20N4O. The van der Waals surface area contributed by atoms with Crippen molar-refractivity contribution in [3.63, 3.8) is 0 Å². The number of nitrogens with one attached hydrogen (secondary N) is 1. The molecule has 0 spiro atoms. The average Bonchev–Trinajstić information content (AvgIpc) is 2.26. The lowest BCUT2D eigenvalue weighted by atomic mass is 10.0. The molecule has 1 unspecified atom stereocenters. The zero-order chi connectivity index (χ0) is 12.8. The number of rotatable bonds is 5. The normalized spacial score (nSPS) is 12.5. The van der Waals surface area contributed by atoms with Crippen LogP contribution in [-0.2, 0) is 0 Å². The van der Waals surface area contributed by atoms with E-state index in [1.807, 2.05) is 6.92 Å². The largest absolute Gasteiger partial charge is 0.382 e. The van der Waals surface area contributed by atoms with Gasteiger partial charge < -0.3 is 11.1 Å². The molecule has 1 rings (SSSR count). The molecule has 5 nitrogen and oxygen atoms in total. The number of hydrogen-bond donors (Lipinski definition) is 2. The summed E-state index contributed by atoms with van der Waals surface area (Å²) < 4.78 is 0. The third-order valence-electron chi connectivity index (χ3n) is 2.44. The van der Waals surface area contributed by atoms with Crippen molar-refractivity contribution in [2.75, 3.05) is 5.73 Å². The van der Waals surface area contributed by atoms with E-state index in [1.165, 1.54) is 12.4 Å². The zero-order valence-corrected chi connectivity index (χ0v) is 10.6. The van der Waals surface area contributed by atoms with Crippen LogP contribution in [0.3, 0.4) is 0 Å². The summed E-state index contributed by atoms with van der Waals surface area (Å²) in [6.07, 6.45) is 4.88. The van der Waals surface area contributed by atoms with Gasteiger partial charge >= 0.3 is 0 Å². The van der Waals surface area contributed by atoms with E-state index in [0.29, 0.717) is 5.92 Å². The highest BCUT2D eigenvalue weighted by molar-refractivity contribution is 5.92. The van der Waals surface area contributed by atoms with Crippen LogP contribution in [0.4, 0.5) is 5.82 Å². The Morgan fingerprint density at radius 1 is 1.35 bits per heavy atom. The molecule has 5 heteroatoms. The number of nitrogens with zero attached hydrogens (tertiary/aromatic N) is 2. The van der Waals surface area contributed by atoms with Gasteiger partial charge in [-0.2, -0.15) is 0 Å². The van der Waals surface area contributed by atoms with Gasteiger partial charge in [-0.3, -0.25) is 9.78 Å². The predicted molar refractivity (Wildman–Crippen MR) is 67.4 cm³/mol. The molecular weight excluding hydrogens is 216 g/mol. The molecule has 0 aliphatic carbocycles. The van der Waals surface area contributed by atoms with Crippen molar-refractivity contribution in [2.24, 2.45) is 5.92 Å². The highest BCUT2D eigenvalue weighted by Gasteiger charge is 2.11. The summed E-state index contributed by atoms with van der Waals surface area (Å²) >= 11 is 0. The summed E-state index contributed by atoms with van der Waals surface area (Å²) in [5.41, 5.74) is 5.74. The third kappa shape index (κ3) is 4.80. The van der Waals surface area contributed by atoms with Crippen molar-refractivity contribution in [1.82, 2.24) is 15.3 Å². The third-order valence-corrected chi connectivity index (χ3v) is 2.44. The van der Waals surface area contributed by atoms with Crippen molar-refractivity contribution >= 4 is 11.7 Å².